The molecule has 6 heteroatoms. The van der Waals surface area contributed by atoms with Gasteiger partial charge < -0.3 is 11.1 Å². The van der Waals surface area contributed by atoms with E-state index in [4.69, 9.17) is 5.73 Å². The van der Waals surface area contributed by atoms with Gasteiger partial charge in [-0.3, -0.25) is 14.5 Å². The normalized spacial score (nSPS) is 16.6. The molecule has 2 aromatic carbocycles. The van der Waals surface area contributed by atoms with E-state index >= 15 is 0 Å². The lowest BCUT2D eigenvalue weighted by Gasteiger charge is -2.34. The third kappa shape index (κ3) is 5.11. The van der Waals surface area contributed by atoms with Crippen molar-refractivity contribution in [2.75, 3.05) is 18.4 Å². The van der Waals surface area contributed by atoms with Crippen LogP contribution in [0.2, 0.25) is 0 Å². The highest BCUT2D eigenvalue weighted by molar-refractivity contribution is 7.99. The van der Waals surface area contributed by atoms with Crippen molar-refractivity contribution in [2.45, 2.75) is 35.6 Å². The van der Waals surface area contributed by atoms with Gasteiger partial charge in [0.05, 0.1) is 11.7 Å². The van der Waals surface area contributed by atoms with Gasteiger partial charge in [0.2, 0.25) is 11.8 Å². The van der Waals surface area contributed by atoms with Crippen LogP contribution in [0, 0.1) is 5.92 Å². The minimum atomic E-state index is -0.256. The van der Waals surface area contributed by atoms with Gasteiger partial charge in [-0.05, 0) is 57.1 Å². The molecule has 0 bridgehead atoms. The molecule has 2 amide bonds. The number of likely N-dealkylation sites (tertiary alicyclic amines) is 1. The summed E-state index contributed by atoms with van der Waals surface area (Å²) in [5.74, 6) is -0.341. The summed E-state index contributed by atoms with van der Waals surface area (Å²) in [6, 6.07) is 17.7. The van der Waals surface area contributed by atoms with Gasteiger partial charge in [0, 0.05) is 15.7 Å². The zero-order valence-corrected chi connectivity index (χ0v) is 16.2. The summed E-state index contributed by atoms with van der Waals surface area (Å²) >= 11 is 1.63. The molecule has 1 aliphatic heterocycles. The van der Waals surface area contributed by atoms with Gasteiger partial charge in [-0.15, -0.1) is 0 Å². The molecule has 1 unspecified atom stereocenters. The molecule has 1 saturated heterocycles. The van der Waals surface area contributed by atoms with Crippen LogP contribution in [0.3, 0.4) is 0 Å². The lowest BCUT2D eigenvalue weighted by atomic mass is 9.95. The topological polar surface area (TPSA) is 75.4 Å². The van der Waals surface area contributed by atoms with Gasteiger partial charge in [-0.1, -0.05) is 42.1 Å². The molecular weight excluding hydrogens is 358 g/mol. The van der Waals surface area contributed by atoms with Gasteiger partial charge in [0.25, 0.3) is 0 Å². The Bertz CT molecular complexity index is 789. The van der Waals surface area contributed by atoms with E-state index in [0.717, 1.165) is 15.5 Å². The minimum absolute atomic E-state index is 0.0337. The first kappa shape index (κ1) is 19.5. The lowest BCUT2D eigenvalue weighted by molar-refractivity contribution is -0.124. The maximum Gasteiger partial charge on any atom is 0.241 e. The molecule has 27 heavy (non-hydrogen) atoms. The number of nitrogens with two attached hydrogens (primary N) is 1. The number of para-hydroxylation sites is 1. The number of hydrogen-bond acceptors (Lipinski definition) is 4. The van der Waals surface area contributed by atoms with Crippen molar-refractivity contribution in [1.82, 2.24) is 4.90 Å². The fourth-order valence-electron chi connectivity index (χ4n) is 3.25. The first-order chi connectivity index (χ1) is 13.0. The van der Waals surface area contributed by atoms with Crippen LogP contribution in [0.25, 0.3) is 0 Å². The van der Waals surface area contributed by atoms with Crippen molar-refractivity contribution in [3.8, 4) is 0 Å². The number of primary amides is 1. The molecule has 1 fully saturated rings. The maximum absolute atomic E-state index is 12.8. The Labute approximate surface area is 164 Å². The largest absolute Gasteiger partial charge is 0.369 e. The van der Waals surface area contributed by atoms with Crippen LogP contribution < -0.4 is 11.1 Å². The highest BCUT2D eigenvalue weighted by atomic mass is 32.2. The molecular formula is C21H25N3O2S. The molecule has 142 valence electrons. The molecule has 1 atom stereocenters. The average molecular weight is 384 g/mol. The first-order valence-electron chi connectivity index (χ1n) is 9.21. The lowest BCUT2D eigenvalue weighted by Crippen LogP contribution is -2.47. The van der Waals surface area contributed by atoms with E-state index in [-0.39, 0.29) is 23.8 Å². The molecule has 1 heterocycles. The molecule has 3 rings (SSSR count). The van der Waals surface area contributed by atoms with E-state index in [9.17, 15) is 9.59 Å². The molecule has 1 aliphatic rings. The second kappa shape index (κ2) is 9.06. The van der Waals surface area contributed by atoms with Gasteiger partial charge >= 0.3 is 0 Å². The molecule has 0 radical (unpaired) electrons. The Balaban J connectivity index is 1.63. The second-order valence-electron chi connectivity index (χ2n) is 6.79. The number of benzene rings is 2. The van der Waals surface area contributed by atoms with E-state index in [1.165, 1.54) is 0 Å². The number of anilines is 1. The number of rotatable bonds is 6. The van der Waals surface area contributed by atoms with Crippen LogP contribution in [-0.4, -0.2) is 35.8 Å². The van der Waals surface area contributed by atoms with Crippen LogP contribution >= 0.6 is 11.8 Å². The van der Waals surface area contributed by atoms with Gasteiger partial charge in [0.1, 0.15) is 0 Å². The monoisotopic (exact) mass is 383 g/mol. The zero-order chi connectivity index (χ0) is 19.2. The van der Waals surface area contributed by atoms with Crippen molar-refractivity contribution in [3.63, 3.8) is 0 Å². The van der Waals surface area contributed by atoms with Crippen molar-refractivity contribution in [1.29, 1.82) is 0 Å². The SMILES string of the molecule is CC(C(=O)Nc1ccccc1Sc1ccccc1)N1CCC(C(N)=O)CC1. The minimum Gasteiger partial charge on any atom is -0.369 e. The van der Waals surface area contributed by atoms with E-state index in [2.05, 4.69) is 22.3 Å². The van der Waals surface area contributed by atoms with E-state index in [0.29, 0.717) is 25.9 Å². The molecule has 0 aliphatic carbocycles. The quantitative estimate of drug-likeness (QED) is 0.802. The third-order valence-electron chi connectivity index (χ3n) is 4.98. The van der Waals surface area contributed by atoms with Crippen LogP contribution in [0.1, 0.15) is 19.8 Å². The summed E-state index contributed by atoms with van der Waals surface area (Å²) in [7, 11) is 0. The zero-order valence-electron chi connectivity index (χ0n) is 15.4. The standard InChI is InChI=1S/C21H25N3O2S/c1-15(24-13-11-16(12-14-24)20(22)25)21(26)23-18-9-5-6-10-19(18)27-17-7-3-2-4-8-17/h2-10,15-16H,11-14H2,1H3,(H2,22,25)(H,23,26). The van der Waals surface area contributed by atoms with Gasteiger partial charge in [-0.25, -0.2) is 0 Å². The number of carbonyl (C=O) groups excluding carboxylic acids is 2. The number of nitrogens with zero attached hydrogens (tertiary/aromatic N) is 1. The predicted octanol–water partition coefficient (Wildman–Crippen LogP) is 3.36. The highest BCUT2D eigenvalue weighted by Crippen LogP contribution is 2.33. The fourth-order valence-corrected chi connectivity index (χ4v) is 4.17. The summed E-state index contributed by atoms with van der Waals surface area (Å²) < 4.78 is 0. The Morgan fingerprint density at radius 1 is 1.07 bits per heavy atom. The summed E-state index contributed by atoms with van der Waals surface area (Å²) in [4.78, 5) is 28.3. The van der Waals surface area contributed by atoms with Crippen molar-refractivity contribution in [3.05, 3.63) is 54.6 Å². The van der Waals surface area contributed by atoms with E-state index < -0.39 is 0 Å². The Hall–Kier alpha value is -2.31. The van der Waals surface area contributed by atoms with Crippen LogP contribution in [-0.2, 0) is 9.59 Å². The molecule has 5 nitrogen and oxygen atoms in total. The summed E-state index contributed by atoms with van der Waals surface area (Å²) in [5.41, 5.74) is 6.21. The smallest absolute Gasteiger partial charge is 0.241 e. The average Bonchev–Trinajstić information content (AvgIpc) is 2.69. The number of carbonyl (C=O) groups is 2. The van der Waals surface area contributed by atoms with E-state index in [1.54, 1.807) is 11.8 Å². The Kier molecular flexibility index (Phi) is 6.53. The molecule has 2 aromatic rings. The van der Waals surface area contributed by atoms with Crippen molar-refractivity contribution >= 4 is 29.3 Å². The molecule has 3 N–H and O–H groups in total. The number of nitrogens with one attached hydrogen (secondary N) is 1. The Morgan fingerprint density at radius 2 is 1.70 bits per heavy atom. The van der Waals surface area contributed by atoms with Gasteiger partial charge in [0.15, 0.2) is 0 Å². The number of hydrogen-bond donors (Lipinski definition) is 2. The summed E-state index contributed by atoms with van der Waals surface area (Å²) in [6.07, 6.45) is 1.43. The number of piperidine rings is 1. The van der Waals surface area contributed by atoms with Crippen LogP contribution in [0.4, 0.5) is 5.69 Å². The first-order valence-corrected chi connectivity index (χ1v) is 10.0. The van der Waals surface area contributed by atoms with Crippen molar-refractivity contribution in [2.24, 2.45) is 11.7 Å². The highest BCUT2D eigenvalue weighted by Gasteiger charge is 2.29. The molecule has 0 saturated carbocycles. The maximum atomic E-state index is 12.8. The van der Waals surface area contributed by atoms with Gasteiger partial charge in [-0.2, -0.15) is 0 Å². The second-order valence-corrected chi connectivity index (χ2v) is 7.90. The molecule has 0 aromatic heterocycles. The van der Waals surface area contributed by atoms with Crippen molar-refractivity contribution < 1.29 is 9.59 Å². The molecule has 0 spiro atoms. The Morgan fingerprint density at radius 3 is 2.37 bits per heavy atom. The fraction of sp³-hybridized carbons (Fsp3) is 0.333. The third-order valence-corrected chi connectivity index (χ3v) is 6.06. The summed E-state index contributed by atoms with van der Waals surface area (Å²) in [5, 5.41) is 3.07. The van der Waals surface area contributed by atoms with Crippen LogP contribution in [0.15, 0.2) is 64.4 Å². The summed E-state index contributed by atoms with van der Waals surface area (Å²) in [6.45, 7) is 3.33. The predicted molar refractivity (Wildman–Crippen MR) is 109 cm³/mol. The van der Waals surface area contributed by atoms with Crippen LogP contribution in [0.5, 0.6) is 0 Å². The van der Waals surface area contributed by atoms with E-state index in [1.807, 2.05) is 49.4 Å². The number of amides is 2.